The number of anilines is 1. The van der Waals surface area contributed by atoms with E-state index in [-0.39, 0.29) is 17.9 Å². The lowest BCUT2D eigenvalue weighted by molar-refractivity contribution is -0.140. The van der Waals surface area contributed by atoms with Gasteiger partial charge >= 0.3 is 0 Å². The third-order valence-corrected chi connectivity index (χ3v) is 8.00. The topological polar surface area (TPSA) is 78.0 Å². The molecule has 1 saturated heterocycles. The summed E-state index contributed by atoms with van der Waals surface area (Å²) in [5, 5.41) is 0. The zero-order valence-electron chi connectivity index (χ0n) is 17.6. The Labute approximate surface area is 172 Å². The van der Waals surface area contributed by atoms with E-state index in [0.29, 0.717) is 50.3 Å². The number of sulfonamides is 1. The zero-order chi connectivity index (χ0) is 21.1. The Kier molecular flexibility index (Phi) is 4.77. The molecule has 0 spiro atoms. The van der Waals surface area contributed by atoms with Crippen LogP contribution < -0.4 is 4.90 Å². The summed E-state index contributed by atoms with van der Waals surface area (Å²) >= 11 is 0. The Morgan fingerprint density at radius 2 is 1.66 bits per heavy atom. The summed E-state index contributed by atoms with van der Waals surface area (Å²) in [6.07, 6.45) is 1.70. The van der Waals surface area contributed by atoms with Gasteiger partial charge in [0.25, 0.3) is 0 Å². The van der Waals surface area contributed by atoms with Crippen LogP contribution in [0, 0.1) is 5.41 Å². The molecule has 2 amide bonds. The number of aryl methyl sites for hydroxylation is 1. The maximum absolute atomic E-state index is 13.3. The van der Waals surface area contributed by atoms with Gasteiger partial charge in [-0.2, -0.15) is 4.31 Å². The molecule has 3 aliphatic heterocycles. The molecule has 4 rings (SSSR count). The van der Waals surface area contributed by atoms with Crippen molar-refractivity contribution >= 4 is 27.5 Å². The fourth-order valence-electron chi connectivity index (χ4n) is 4.65. The van der Waals surface area contributed by atoms with Crippen molar-refractivity contribution < 1.29 is 18.0 Å². The minimum Gasteiger partial charge on any atom is -0.340 e. The maximum Gasteiger partial charge on any atom is 0.243 e. The highest BCUT2D eigenvalue weighted by Gasteiger charge is 2.39. The number of carbonyl (C=O) groups excluding carboxylic acids is 2. The lowest BCUT2D eigenvalue weighted by Gasteiger charge is -2.37. The predicted molar refractivity (Wildman–Crippen MR) is 110 cm³/mol. The second-order valence-corrected chi connectivity index (χ2v) is 11.3. The molecule has 3 aliphatic rings. The Morgan fingerprint density at radius 3 is 2.28 bits per heavy atom. The Balaban J connectivity index is 1.58. The summed E-state index contributed by atoms with van der Waals surface area (Å²) in [6.45, 7) is 9.07. The highest BCUT2D eigenvalue weighted by atomic mass is 32.2. The van der Waals surface area contributed by atoms with E-state index in [1.807, 2.05) is 32.6 Å². The van der Waals surface area contributed by atoms with Crippen molar-refractivity contribution in [2.75, 3.05) is 31.1 Å². The molecule has 29 heavy (non-hydrogen) atoms. The van der Waals surface area contributed by atoms with Gasteiger partial charge in [0.2, 0.25) is 21.8 Å². The van der Waals surface area contributed by atoms with E-state index in [0.717, 1.165) is 16.8 Å². The molecule has 0 aliphatic carbocycles. The first-order valence-corrected chi connectivity index (χ1v) is 11.7. The van der Waals surface area contributed by atoms with Crippen LogP contribution in [0.1, 0.15) is 45.2 Å². The molecule has 1 aromatic carbocycles. The van der Waals surface area contributed by atoms with Crippen LogP contribution in [0.15, 0.2) is 17.0 Å². The Hall–Kier alpha value is -1.93. The first kappa shape index (κ1) is 20.3. The molecule has 7 nitrogen and oxygen atoms in total. The van der Waals surface area contributed by atoms with E-state index in [2.05, 4.69) is 0 Å². The van der Waals surface area contributed by atoms with Crippen molar-refractivity contribution in [3.8, 4) is 0 Å². The summed E-state index contributed by atoms with van der Waals surface area (Å²) in [6, 6.07) is 3.57. The van der Waals surface area contributed by atoms with Crippen molar-refractivity contribution in [2.24, 2.45) is 5.41 Å². The number of nitrogens with zero attached hydrogens (tertiary/aromatic N) is 3. The molecule has 8 heteroatoms. The van der Waals surface area contributed by atoms with Crippen LogP contribution in [-0.2, 0) is 32.5 Å². The van der Waals surface area contributed by atoms with Crippen molar-refractivity contribution in [2.45, 2.75) is 57.9 Å². The van der Waals surface area contributed by atoms with Crippen LogP contribution in [0.2, 0.25) is 0 Å². The first-order chi connectivity index (χ1) is 13.5. The van der Waals surface area contributed by atoms with Crippen LogP contribution in [0.5, 0.6) is 0 Å². The molecule has 1 fully saturated rings. The quantitative estimate of drug-likeness (QED) is 0.732. The molecule has 0 bridgehead atoms. The largest absolute Gasteiger partial charge is 0.340 e. The monoisotopic (exact) mass is 419 g/mol. The number of hydrogen-bond acceptors (Lipinski definition) is 4. The number of hydrogen-bond donors (Lipinski definition) is 0. The van der Waals surface area contributed by atoms with Gasteiger partial charge in [0, 0.05) is 44.1 Å². The third-order valence-electron chi connectivity index (χ3n) is 6.12. The highest BCUT2D eigenvalue weighted by molar-refractivity contribution is 7.89. The van der Waals surface area contributed by atoms with Gasteiger partial charge in [0.15, 0.2) is 0 Å². The number of amides is 2. The number of carbonyl (C=O) groups is 2. The number of benzene rings is 1. The molecule has 0 saturated carbocycles. The number of piperazine rings is 1. The van der Waals surface area contributed by atoms with Crippen LogP contribution in [0.3, 0.4) is 0 Å². The second-order valence-electron chi connectivity index (χ2n) is 9.35. The predicted octanol–water partition coefficient (Wildman–Crippen LogP) is 1.79. The molecule has 158 valence electrons. The summed E-state index contributed by atoms with van der Waals surface area (Å²) in [5.41, 5.74) is 2.35. The van der Waals surface area contributed by atoms with Crippen LogP contribution in [0.4, 0.5) is 5.69 Å². The zero-order valence-corrected chi connectivity index (χ0v) is 18.4. The van der Waals surface area contributed by atoms with Crippen molar-refractivity contribution in [1.82, 2.24) is 9.21 Å². The lowest BCUT2D eigenvalue weighted by Crippen LogP contribution is -2.52. The summed E-state index contributed by atoms with van der Waals surface area (Å²) in [5.74, 6) is 0.175. The Morgan fingerprint density at radius 1 is 1.03 bits per heavy atom. The molecule has 0 unspecified atom stereocenters. The van der Waals surface area contributed by atoms with Gasteiger partial charge in [-0.05, 0) is 43.0 Å². The molecular formula is C21H29N3O4S. The smallest absolute Gasteiger partial charge is 0.243 e. The van der Waals surface area contributed by atoms with Crippen LogP contribution in [-0.4, -0.2) is 61.7 Å². The van der Waals surface area contributed by atoms with E-state index in [9.17, 15) is 18.0 Å². The molecule has 1 atom stereocenters. The van der Waals surface area contributed by atoms with Crippen LogP contribution in [0.25, 0.3) is 0 Å². The summed E-state index contributed by atoms with van der Waals surface area (Å²) < 4.78 is 28.1. The van der Waals surface area contributed by atoms with Gasteiger partial charge in [-0.3, -0.25) is 9.59 Å². The normalized spacial score (nSPS) is 22.8. The third kappa shape index (κ3) is 3.36. The summed E-state index contributed by atoms with van der Waals surface area (Å²) in [7, 11) is -3.63. The molecule has 0 N–H and O–H groups in total. The van der Waals surface area contributed by atoms with Gasteiger partial charge in [-0.1, -0.05) is 20.8 Å². The summed E-state index contributed by atoms with van der Waals surface area (Å²) in [4.78, 5) is 28.7. The highest BCUT2D eigenvalue weighted by Crippen LogP contribution is 2.41. The van der Waals surface area contributed by atoms with Gasteiger partial charge in [-0.15, -0.1) is 0 Å². The molecule has 3 heterocycles. The van der Waals surface area contributed by atoms with Gasteiger partial charge in [0.1, 0.15) is 0 Å². The van der Waals surface area contributed by atoms with E-state index < -0.39 is 15.4 Å². The minimum atomic E-state index is -3.63. The lowest BCUT2D eigenvalue weighted by atomic mass is 9.94. The number of rotatable bonds is 2. The maximum atomic E-state index is 13.3. The Bertz CT molecular complexity index is 972. The fraction of sp³-hybridized carbons (Fsp3) is 0.619. The average molecular weight is 420 g/mol. The van der Waals surface area contributed by atoms with Crippen molar-refractivity contribution in [3.63, 3.8) is 0 Å². The average Bonchev–Trinajstić information content (AvgIpc) is 3.00. The molecule has 0 radical (unpaired) electrons. The first-order valence-electron chi connectivity index (χ1n) is 10.3. The molecular weight excluding hydrogens is 390 g/mol. The van der Waals surface area contributed by atoms with E-state index in [4.69, 9.17) is 0 Å². The van der Waals surface area contributed by atoms with E-state index >= 15 is 0 Å². The molecule has 1 aromatic rings. The SMILES string of the molecule is C[C@H]1Cc2cc(S(=O)(=O)N3CCN(C(=O)C(C)(C)C)CC3)cc3c2N1C(=O)CC3. The van der Waals surface area contributed by atoms with Gasteiger partial charge in [0.05, 0.1) is 10.6 Å². The van der Waals surface area contributed by atoms with E-state index in [1.54, 1.807) is 17.0 Å². The minimum absolute atomic E-state index is 0.0512. The van der Waals surface area contributed by atoms with Crippen molar-refractivity contribution in [1.29, 1.82) is 0 Å². The second kappa shape index (κ2) is 6.80. The molecule has 0 aromatic heterocycles. The van der Waals surface area contributed by atoms with Crippen molar-refractivity contribution in [3.05, 3.63) is 23.3 Å². The fourth-order valence-corrected chi connectivity index (χ4v) is 6.17. The van der Waals surface area contributed by atoms with Gasteiger partial charge in [-0.25, -0.2) is 8.42 Å². The van der Waals surface area contributed by atoms with E-state index in [1.165, 1.54) is 4.31 Å². The van der Waals surface area contributed by atoms with Gasteiger partial charge < -0.3 is 9.80 Å². The van der Waals surface area contributed by atoms with Crippen LogP contribution >= 0.6 is 0 Å². The standard InChI is InChI=1S/C21H29N3O4S/c1-14-11-16-13-17(12-15-5-6-18(25)24(14)19(15)16)29(27,28)23-9-7-22(8-10-23)20(26)21(2,3)4/h12-14H,5-11H2,1-4H3/t14-/m0/s1.